The topological polar surface area (TPSA) is 99.9 Å². The SMILES string of the molecule is Cc1cc2cc(n1)-c1cnn(C)c1OCCC[C@@H](C)CN1/C(=N/C2=O)Nc2ccc(N(C)C3CNC3)cc21. The van der Waals surface area contributed by atoms with Crippen molar-refractivity contribution in [2.75, 3.05) is 48.4 Å². The van der Waals surface area contributed by atoms with E-state index in [-0.39, 0.29) is 5.91 Å². The minimum absolute atomic E-state index is 0.316. The molecule has 5 heterocycles. The fourth-order valence-electron chi connectivity index (χ4n) is 5.27. The first-order valence-electron chi connectivity index (χ1n) is 13.3. The Morgan fingerprint density at radius 3 is 2.82 bits per heavy atom. The summed E-state index contributed by atoms with van der Waals surface area (Å²) in [6.07, 6.45) is 3.61. The van der Waals surface area contributed by atoms with Gasteiger partial charge in [0.15, 0.2) is 0 Å². The number of hydrogen-bond acceptors (Lipinski definition) is 8. The Labute approximate surface area is 222 Å². The van der Waals surface area contributed by atoms with E-state index in [1.807, 2.05) is 14.0 Å². The second-order valence-electron chi connectivity index (χ2n) is 10.6. The molecule has 0 radical (unpaired) electrons. The average molecular weight is 515 g/mol. The molecule has 0 spiro atoms. The Balaban J connectivity index is 1.39. The monoisotopic (exact) mass is 514 g/mol. The summed E-state index contributed by atoms with van der Waals surface area (Å²) in [6.45, 7) is 7.41. The van der Waals surface area contributed by atoms with E-state index in [9.17, 15) is 4.79 Å². The molecule has 2 N–H and O–H groups in total. The van der Waals surface area contributed by atoms with Crippen molar-refractivity contribution in [3.63, 3.8) is 0 Å². The van der Waals surface area contributed by atoms with Crippen molar-refractivity contribution < 1.29 is 9.53 Å². The zero-order chi connectivity index (χ0) is 26.4. The minimum Gasteiger partial charge on any atom is -0.477 e. The van der Waals surface area contributed by atoms with Crippen molar-refractivity contribution >= 4 is 28.9 Å². The van der Waals surface area contributed by atoms with Crippen molar-refractivity contribution in [3.05, 3.63) is 47.8 Å². The van der Waals surface area contributed by atoms with E-state index in [2.05, 4.69) is 67.7 Å². The number of carbonyl (C=O) groups is 1. The Hall–Kier alpha value is -3.92. The Morgan fingerprint density at radius 1 is 1.18 bits per heavy atom. The first-order chi connectivity index (χ1) is 18.4. The van der Waals surface area contributed by atoms with Crippen LogP contribution in [0.3, 0.4) is 0 Å². The van der Waals surface area contributed by atoms with Gasteiger partial charge >= 0.3 is 0 Å². The second-order valence-corrected chi connectivity index (χ2v) is 10.6. The number of nitrogens with zero attached hydrogens (tertiary/aromatic N) is 6. The van der Waals surface area contributed by atoms with E-state index in [4.69, 9.17) is 4.74 Å². The zero-order valence-electron chi connectivity index (χ0n) is 22.4. The van der Waals surface area contributed by atoms with Gasteiger partial charge in [-0.15, -0.1) is 0 Å². The lowest BCUT2D eigenvalue weighted by atomic mass is 10.0. The molecule has 1 saturated heterocycles. The zero-order valence-corrected chi connectivity index (χ0v) is 22.4. The quantitative estimate of drug-likeness (QED) is 0.537. The van der Waals surface area contributed by atoms with E-state index >= 15 is 0 Å². The van der Waals surface area contributed by atoms with Crippen molar-refractivity contribution in [1.82, 2.24) is 20.1 Å². The van der Waals surface area contributed by atoms with Crippen LogP contribution < -0.4 is 25.2 Å². The minimum atomic E-state index is -0.316. The lowest BCUT2D eigenvalue weighted by Crippen LogP contribution is -2.56. The van der Waals surface area contributed by atoms with Crippen LogP contribution in [0.15, 0.2) is 41.5 Å². The number of benzene rings is 1. The third kappa shape index (κ3) is 4.49. The Bertz CT molecular complexity index is 1410. The maximum Gasteiger partial charge on any atom is 0.280 e. The summed E-state index contributed by atoms with van der Waals surface area (Å²) in [7, 11) is 3.99. The standard InChI is InChI=1S/C28H34N8O2/c1-17-6-5-9-38-27-22(15-30-35(27)4)24-11-19(10-18(2)31-24)26(37)33-28-32-23-8-7-20(12-25(23)36(28)16-17)34(3)21-13-29-14-21/h7-8,10-12,15,17,21,29H,5-6,9,13-14,16H2,1-4H3,(H,32,33,37)/t17-/m1/s1. The number of rotatable bonds is 2. The number of aromatic nitrogens is 3. The number of nitrogens with one attached hydrogen (secondary N) is 2. The van der Waals surface area contributed by atoms with E-state index < -0.39 is 0 Å². The summed E-state index contributed by atoms with van der Waals surface area (Å²) in [5.41, 5.74) is 5.80. The van der Waals surface area contributed by atoms with Gasteiger partial charge in [-0.1, -0.05) is 6.92 Å². The molecule has 1 amide bonds. The van der Waals surface area contributed by atoms with Gasteiger partial charge in [-0.2, -0.15) is 10.1 Å². The molecule has 1 atom stereocenters. The predicted octanol–water partition coefficient (Wildman–Crippen LogP) is 3.44. The van der Waals surface area contributed by atoms with Gasteiger partial charge in [-0.3, -0.25) is 9.78 Å². The molecule has 1 aromatic carbocycles. The lowest BCUT2D eigenvalue weighted by molar-refractivity contribution is 0.100. The molecule has 6 rings (SSSR count). The number of hydrogen-bond donors (Lipinski definition) is 2. The molecule has 3 aliphatic heterocycles. The summed E-state index contributed by atoms with van der Waals surface area (Å²) in [6, 6.07) is 10.5. The van der Waals surface area contributed by atoms with E-state index in [1.54, 1.807) is 23.0 Å². The van der Waals surface area contributed by atoms with E-state index in [0.717, 1.165) is 60.8 Å². The third-order valence-corrected chi connectivity index (χ3v) is 7.63. The second kappa shape index (κ2) is 9.75. The fraction of sp³-hybridized carbons (Fsp3) is 0.429. The van der Waals surface area contributed by atoms with Crippen LogP contribution in [0.25, 0.3) is 11.3 Å². The van der Waals surface area contributed by atoms with Crippen LogP contribution in [0.5, 0.6) is 5.88 Å². The van der Waals surface area contributed by atoms with Crippen molar-refractivity contribution in [3.8, 4) is 17.1 Å². The van der Waals surface area contributed by atoms with Crippen LogP contribution in [0.2, 0.25) is 0 Å². The average Bonchev–Trinajstić information content (AvgIpc) is 3.39. The summed E-state index contributed by atoms with van der Waals surface area (Å²) in [5, 5.41) is 11.1. The molecule has 3 aromatic rings. The van der Waals surface area contributed by atoms with Crippen molar-refractivity contribution in [1.29, 1.82) is 0 Å². The number of anilines is 3. The number of aliphatic imine (C=N–C) groups is 1. The highest BCUT2D eigenvalue weighted by atomic mass is 16.5. The molecule has 0 unspecified atom stereocenters. The van der Waals surface area contributed by atoms with Gasteiger partial charge in [-0.05, 0) is 56.0 Å². The molecule has 10 heteroatoms. The molecule has 0 saturated carbocycles. The van der Waals surface area contributed by atoms with Crippen LogP contribution in [0.1, 0.15) is 35.8 Å². The largest absolute Gasteiger partial charge is 0.477 e. The maximum atomic E-state index is 13.5. The summed E-state index contributed by atoms with van der Waals surface area (Å²) >= 11 is 0. The summed E-state index contributed by atoms with van der Waals surface area (Å²) in [4.78, 5) is 27.3. The number of aryl methyl sites for hydroxylation is 2. The van der Waals surface area contributed by atoms with Crippen molar-refractivity contribution in [2.24, 2.45) is 18.0 Å². The number of guanidine groups is 1. The third-order valence-electron chi connectivity index (χ3n) is 7.63. The molecule has 10 nitrogen and oxygen atoms in total. The van der Waals surface area contributed by atoms with Crippen LogP contribution in [0.4, 0.5) is 17.1 Å². The number of pyridine rings is 1. The summed E-state index contributed by atoms with van der Waals surface area (Å²) < 4.78 is 7.90. The van der Waals surface area contributed by atoms with Gasteiger partial charge in [0.2, 0.25) is 11.8 Å². The van der Waals surface area contributed by atoms with E-state index in [0.29, 0.717) is 41.7 Å². The highest BCUT2D eigenvalue weighted by Gasteiger charge is 2.30. The molecule has 38 heavy (non-hydrogen) atoms. The molecule has 0 aliphatic carbocycles. The van der Waals surface area contributed by atoms with Gasteiger partial charge in [0.25, 0.3) is 5.91 Å². The molecule has 2 aromatic heterocycles. The van der Waals surface area contributed by atoms with E-state index in [1.165, 1.54) is 0 Å². The molecular weight excluding hydrogens is 480 g/mol. The van der Waals surface area contributed by atoms with Crippen LogP contribution in [-0.4, -0.2) is 66.0 Å². The number of amides is 1. The summed E-state index contributed by atoms with van der Waals surface area (Å²) in [5.74, 6) is 1.25. The smallest absolute Gasteiger partial charge is 0.280 e. The molecule has 3 aliphatic rings. The number of fused-ring (bicyclic) bond motifs is 7. The van der Waals surface area contributed by atoms with Crippen LogP contribution in [0, 0.1) is 12.8 Å². The normalized spacial score (nSPS) is 20.9. The number of likely N-dealkylation sites (N-methyl/N-ethyl adjacent to an activating group) is 1. The lowest BCUT2D eigenvalue weighted by Gasteiger charge is -2.37. The Morgan fingerprint density at radius 2 is 2.03 bits per heavy atom. The number of carbonyl (C=O) groups excluding carboxylic acids is 1. The predicted molar refractivity (Wildman–Crippen MR) is 149 cm³/mol. The van der Waals surface area contributed by atoms with Gasteiger partial charge in [0.1, 0.15) is 0 Å². The molecular formula is C28H34N8O2. The number of ether oxygens (including phenoxy) is 1. The first kappa shape index (κ1) is 24.4. The Kier molecular flexibility index (Phi) is 6.27. The maximum absolute atomic E-state index is 13.5. The van der Waals surface area contributed by atoms with Gasteiger partial charge < -0.3 is 25.2 Å². The first-order valence-corrected chi connectivity index (χ1v) is 13.3. The highest BCUT2D eigenvalue weighted by Crippen LogP contribution is 2.37. The van der Waals surface area contributed by atoms with Gasteiger partial charge in [0.05, 0.1) is 41.5 Å². The van der Waals surface area contributed by atoms with Crippen LogP contribution >= 0.6 is 0 Å². The fourth-order valence-corrected chi connectivity index (χ4v) is 5.27. The molecule has 1 fully saturated rings. The van der Waals surface area contributed by atoms with Crippen LogP contribution in [-0.2, 0) is 7.05 Å². The molecule has 198 valence electrons. The van der Waals surface area contributed by atoms with Crippen molar-refractivity contribution in [2.45, 2.75) is 32.7 Å². The highest BCUT2D eigenvalue weighted by molar-refractivity contribution is 6.19. The van der Waals surface area contributed by atoms with Gasteiger partial charge in [-0.25, -0.2) is 4.68 Å². The van der Waals surface area contributed by atoms with Gasteiger partial charge in [0, 0.05) is 50.7 Å². The molecule has 2 bridgehead atoms.